The highest BCUT2D eigenvalue weighted by Crippen LogP contribution is 2.19. The average molecular weight is 225 g/mol. The lowest BCUT2D eigenvalue weighted by Gasteiger charge is -2.14. The molecule has 0 aliphatic carbocycles. The highest BCUT2D eigenvalue weighted by atomic mass is 16.6. The van der Waals surface area contributed by atoms with E-state index in [-0.39, 0.29) is 12.2 Å². The van der Waals surface area contributed by atoms with Gasteiger partial charge in [-0.15, -0.1) is 0 Å². The van der Waals surface area contributed by atoms with E-state index in [1.165, 1.54) is 0 Å². The minimum absolute atomic E-state index is 0.169. The third kappa shape index (κ3) is 3.10. The Bertz CT molecular complexity index is 316. The SMILES string of the molecule is CC=C(C=C(C)C)N1CC(COC)OC1=O. The zero-order valence-electron chi connectivity index (χ0n) is 10.3. The van der Waals surface area contributed by atoms with E-state index in [9.17, 15) is 4.79 Å². The Balaban J connectivity index is 2.74. The van der Waals surface area contributed by atoms with Crippen LogP contribution >= 0.6 is 0 Å². The van der Waals surface area contributed by atoms with Crippen molar-refractivity contribution in [3.63, 3.8) is 0 Å². The van der Waals surface area contributed by atoms with E-state index in [1.54, 1.807) is 12.0 Å². The Morgan fingerprint density at radius 2 is 2.31 bits per heavy atom. The van der Waals surface area contributed by atoms with E-state index in [0.717, 1.165) is 11.3 Å². The van der Waals surface area contributed by atoms with Crippen LogP contribution in [0.15, 0.2) is 23.4 Å². The van der Waals surface area contributed by atoms with Gasteiger partial charge < -0.3 is 9.47 Å². The summed E-state index contributed by atoms with van der Waals surface area (Å²) in [4.78, 5) is 13.3. The number of cyclic esters (lactones) is 1. The molecule has 90 valence electrons. The smallest absolute Gasteiger partial charge is 0.414 e. The van der Waals surface area contributed by atoms with Crippen LogP contribution < -0.4 is 0 Å². The van der Waals surface area contributed by atoms with Gasteiger partial charge >= 0.3 is 6.09 Å². The van der Waals surface area contributed by atoms with Crippen LogP contribution in [-0.4, -0.2) is 37.4 Å². The minimum Gasteiger partial charge on any atom is -0.441 e. The number of carbonyl (C=O) groups is 1. The fourth-order valence-electron chi connectivity index (χ4n) is 1.62. The summed E-state index contributed by atoms with van der Waals surface area (Å²) in [6.45, 7) is 6.89. The van der Waals surface area contributed by atoms with Gasteiger partial charge in [0.25, 0.3) is 0 Å². The number of methoxy groups -OCH3 is 1. The van der Waals surface area contributed by atoms with E-state index < -0.39 is 0 Å². The minimum atomic E-state index is -0.298. The van der Waals surface area contributed by atoms with Gasteiger partial charge in [0.05, 0.1) is 13.2 Å². The van der Waals surface area contributed by atoms with Crippen LogP contribution in [0.5, 0.6) is 0 Å². The van der Waals surface area contributed by atoms with Crippen LogP contribution in [0.4, 0.5) is 4.79 Å². The summed E-state index contributed by atoms with van der Waals surface area (Å²) in [5.41, 5.74) is 2.03. The van der Waals surface area contributed by atoms with Gasteiger partial charge in [-0.3, -0.25) is 4.90 Å². The molecule has 1 fully saturated rings. The molecular formula is C12H19NO3. The maximum Gasteiger partial charge on any atom is 0.414 e. The van der Waals surface area contributed by atoms with E-state index in [2.05, 4.69) is 0 Å². The van der Waals surface area contributed by atoms with Crippen molar-refractivity contribution in [1.82, 2.24) is 4.90 Å². The zero-order chi connectivity index (χ0) is 12.1. The van der Waals surface area contributed by atoms with E-state index in [4.69, 9.17) is 9.47 Å². The maximum atomic E-state index is 11.6. The lowest BCUT2D eigenvalue weighted by atomic mass is 10.2. The number of ether oxygens (including phenoxy) is 2. The number of allylic oxidation sites excluding steroid dienone is 3. The van der Waals surface area contributed by atoms with Crippen LogP contribution in [0.3, 0.4) is 0 Å². The molecule has 16 heavy (non-hydrogen) atoms. The Morgan fingerprint density at radius 3 is 2.81 bits per heavy atom. The molecule has 1 saturated heterocycles. The quantitative estimate of drug-likeness (QED) is 0.689. The topological polar surface area (TPSA) is 38.8 Å². The standard InChI is InChI=1S/C12H19NO3/c1-5-10(6-9(2)3)13-7-11(8-15-4)16-12(13)14/h5-6,11H,7-8H2,1-4H3. The molecule has 1 aliphatic rings. The highest BCUT2D eigenvalue weighted by Gasteiger charge is 2.32. The molecule has 1 atom stereocenters. The second-order valence-corrected chi connectivity index (χ2v) is 4.01. The molecule has 1 amide bonds. The summed E-state index contributed by atoms with van der Waals surface area (Å²) in [7, 11) is 1.60. The largest absolute Gasteiger partial charge is 0.441 e. The zero-order valence-corrected chi connectivity index (χ0v) is 10.3. The first-order valence-corrected chi connectivity index (χ1v) is 5.36. The maximum absolute atomic E-state index is 11.6. The van der Waals surface area contributed by atoms with Crippen molar-refractivity contribution in [2.24, 2.45) is 0 Å². The van der Waals surface area contributed by atoms with Crippen LogP contribution in [0.1, 0.15) is 20.8 Å². The van der Waals surface area contributed by atoms with Crippen molar-refractivity contribution in [2.75, 3.05) is 20.3 Å². The van der Waals surface area contributed by atoms with Crippen molar-refractivity contribution in [1.29, 1.82) is 0 Å². The van der Waals surface area contributed by atoms with E-state index >= 15 is 0 Å². The van der Waals surface area contributed by atoms with Gasteiger partial charge in [0, 0.05) is 12.8 Å². The predicted molar refractivity (Wildman–Crippen MR) is 62.0 cm³/mol. The molecule has 4 heteroatoms. The van der Waals surface area contributed by atoms with Crippen molar-refractivity contribution < 1.29 is 14.3 Å². The average Bonchev–Trinajstić information content (AvgIpc) is 2.56. The number of nitrogens with zero attached hydrogens (tertiary/aromatic N) is 1. The van der Waals surface area contributed by atoms with Crippen LogP contribution in [0.25, 0.3) is 0 Å². The summed E-state index contributed by atoms with van der Waals surface area (Å²) in [5, 5.41) is 0. The molecule has 1 rings (SSSR count). The normalized spacial score (nSPS) is 21.0. The van der Waals surface area contributed by atoms with E-state index in [0.29, 0.717) is 13.2 Å². The number of rotatable bonds is 4. The van der Waals surface area contributed by atoms with Crippen molar-refractivity contribution in [3.05, 3.63) is 23.4 Å². The van der Waals surface area contributed by atoms with Crippen molar-refractivity contribution in [2.45, 2.75) is 26.9 Å². The molecule has 4 nitrogen and oxygen atoms in total. The molecule has 0 aromatic heterocycles. The number of hydrogen-bond donors (Lipinski definition) is 0. The molecule has 1 unspecified atom stereocenters. The van der Waals surface area contributed by atoms with Gasteiger partial charge in [-0.25, -0.2) is 4.79 Å². The first-order chi connectivity index (χ1) is 7.58. The Hall–Kier alpha value is -1.29. The van der Waals surface area contributed by atoms with E-state index in [1.807, 2.05) is 32.9 Å². The Morgan fingerprint density at radius 1 is 1.62 bits per heavy atom. The second kappa shape index (κ2) is 5.70. The third-order valence-corrected chi connectivity index (χ3v) is 2.27. The fraction of sp³-hybridized carbons (Fsp3) is 0.583. The van der Waals surface area contributed by atoms with Gasteiger partial charge in [0.1, 0.15) is 6.10 Å². The lowest BCUT2D eigenvalue weighted by molar-refractivity contribution is 0.0716. The predicted octanol–water partition coefficient (Wildman–Crippen LogP) is 2.32. The molecule has 1 aliphatic heterocycles. The van der Waals surface area contributed by atoms with Gasteiger partial charge in [-0.1, -0.05) is 11.6 Å². The van der Waals surface area contributed by atoms with Crippen molar-refractivity contribution >= 4 is 6.09 Å². The third-order valence-electron chi connectivity index (χ3n) is 2.27. The molecule has 0 radical (unpaired) electrons. The van der Waals surface area contributed by atoms with Crippen LogP contribution in [0, 0.1) is 0 Å². The summed E-state index contributed by atoms with van der Waals surface area (Å²) in [6, 6.07) is 0. The number of amides is 1. The Labute approximate surface area is 96.5 Å². The first kappa shape index (κ1) is 12.8. The summed E-state index contributed by atoms with van der Waals surface area (Å²) >= 11 is 0. The molecule has 0 aromatic carbocycles. The summed E-state index contributed by atoms with van der Waals surface area (Å²) in [5.74, 6) is 0. The number of carbonyl (C=O) groups excluding carboxylic acids is 1. The fourth-order valence-corrected chi connectivity index (χ4v) is 1.62. The second-order valence-electron chi connectivity index (χ2n) is 4.01. The van der Waals surface area contributed by atoms with Gasteiger partial charge in [0.2, 0.25) is 0 Å². The monoisotopic (exact) mass is 225 g/mol. The molecular weight excluding hydrogens is 206 g/mol. The molecule has 0 saturated carbocycles. The van der Waals surface area contributed by atoms with Gasteiger partial charge in [-0.05, 0) is 26.8 Å². The molecule has 0 N–H and O–H groups in total. The van der Waals surface area contributed by atoms with Crippen LogP contribution in [0.2, 0.25) is 0 Å². The summed E-state index contributed by atoms with van der Waals surface area (Å²) in [6.07, 6.45) is 3.41. The highest BCUT2D eigenvalue weighted by molar-refractivity contribution is 5.73. The molecule has 0 spiro atoms. The Kier molecular flexibility index (Phi) is 4.55. The molecule has 0 bridgehead atoms. The van der Waals surface area contributed by atoms with Crippen molar-refractivity contribution in [3.8, 4) is 0 Å². The van der Waals surface area contributed by atoms with Gasteiger partial charge in [0.15, 0.2) is 0 Å². The van der Waals surface area contributed by atoms with Crippen LogP contribution in [-0.2, 0) is 9.47 Å². The summed E-state index contributed by atoms with van der Waals surface area (Å²) < 4.78 is 10.1. The first-order valence-electron chi connectivity index (χ1n) is 5.36. The molecule has 0 aromatic rings. The van der Waals surface area contributed by atoms with Gasteiger partial charge in [-0.2, -0.15) is 0 Å². The molecule has 1 heterocycles. The number of hydrogen-bond acceptors (Lipinski definition) is 3. The lowest BCUT2D eigenvalue weighted by Crippen LogP contribution is -2.24.